The molecular weight excluding hydrogens is 554 g/mol. The van der Waals surface area contributed by atoms with E-state index in [2.05, 4.69) is 21.2 Å². The van der Waals surface area contributed by atoms with Crippen LogP contribution in [-0.4, -0.2) is 50.0 Å². The highest BCUT2D eigenvalue weighted by Crippen LogP contribution is 2.28. The van der Waals surface area contributed by atoms with E-state index in [0.29, 0.717) is 15.2 Å². The van der Waals surface area contributed by atoms with E-state index in [0.717, 1.165) is 41.8 Å². The fraction of sp³-hybridized carbons (Fsp3) is 0.440. The van der Waals surface area contributed by atoms with Crippen LogP contribution >= 0.6 is 27.5 Å². The average molecular weight is 585 g/mol. The maximum Gasteiger partial charge on any atom is 0.244 e. The van der Waals surface area contributed by atoms with Crippen molar-refractivity contribution >= 4 is 55.1 Å². The number of amides is 2. The van der Waals surface area contributed by atoms with Crippen LogP contribution in [0.4, 0.5) is 5.69 Å². The van der Waals surface area contributed by atoms with Crippen LogP contribution in [0.2, 0.25) is 5.02 Å². The number of rotatable bonds is 9. The van der Waals surface area contributed by atoms with E-state index < -0.39 is 28.5 Å². The predicted molar refractivity (Wildman–Crippen MR) is 143 cm³/mol. The largest absolute Gasteiger partial charge is 0.352 e. The Morgan fingerprint density at radius 3 is 2.31 bits per heavy atom. The summed E-state index contributed by atoms with van der Waals surface area (Å²) in [5.41, 5.74) is 1.14. The lowest BCUT2D eigenvalue weighted by atomic mass is 9.95. The number of para-hydroxylation sites is 1. The fourth-order valence-electron chi connectivity index (χ4n) is 4.19. The molecule has 1 atom stereocenters. The van der Waals surface area contributed by atoms with Gasteiger partial charge in [-0.3, -0.25) is 13.9 Å². The van der Waals surface area contributed by atoms with E-state index in [1.54, 1.807) is 55.5 Å². The highest BCUT2D eigenvalue weighted by Gasteiger charge is 2.31. The lowest BCUT2D eigenvalue weighted by Gasteiger charge is -2.33. The first-order valence-corrected chi connectivity index (χ1v) is 14.6. The summed E-state index contributed by atoms with van der Waals surface area (Å²) in [6.45, 7) is 1.38. The van der Waals surface area contributed by atoms with Gasteiger partial charge in [0, 0.05) is 22.1 Å². The smallest absolute Gasteiger partial charge is 0.244 e. The third-order valence-electron chi connectivity index (χ3n) is 6.19. The van der Waals surface area contributed by atoms with Crippen molar-refractivity contribution in [3.8, 4) is 0 Å². The molecule has 0 heterocycles. The number of halogens is 2. The summed E-state index contributed by atoms with van der Waals surface area (Å²) in [5, 5.41) is 3.64. The lowest BCUT2D eigenvalue weighted by molar-refractivity contribution is -0.139. The zero-order valence-corrected chi connectivity index (χ0v) is 23.1. The summed E-state index contributed by atoms with van der Waals surface area (Å²) in [7, 11) is -3.78. The van der Waals surface area contributed by atoms with Crippen LogP contribution in [0.25, 0.3) is 0 Å². The number of nitrogens with zero attached hydrogens (tertiary/aromatic N) is 2. The summed E-state index contributed by atoms with van der Waals surface area (Å²) in [6, 6.07) is 13.1. The number of carbonyl (C=O) groups is 2. The molecule has 7 nitrogen and oxygen atoms in total. The standard InChI is InChI=1S/C25H31BrClN3O4S/c1-18(25(32)28-21-8-4-3-5-9-21)29(16-19-12-14-20(27)15-13-19)24(31)17-30(35(2,33)34)23-11-7-6-10-22(23)26/h6-7,10-15,18,21H,3-5,8-9,16-17H2,1-2H3,(H,28,32)/t18-/m0/s1. The first-order valence-electron chi connectivity index (χ1n) is 11.6. The zero-order chi connectivity index (χ0) is 25.6. The number of carbonyl (C=O) groups excluding carboxylic acids is 2. The van der Waals surface area contributed by atoms with Crippen molar-refractivity contribution in [3.63, 3.8) is 0 Å². The van der Waals surface area contributed by atoms with E-state index in [1.807, 2.05) is 0 Å². The van der Waals surface area contributed by atoms with E-state index in [4.69, 9.17) is 11.6 Å². The van der Waals surface area contributed by atoms with Gasteiger partial charge in [0.2, 0.25) is 21.8 Å². The summed E-state index contributed by atoms with van der Waals surface area (Å²) in [6.07, 6.45) is 6.22. The van der Waals surface area contributed by atoms with Crippen molar-refractivity contribution in [2.75, 3.05) is 17.1 Å². The topological polar surface area (TPSA) is 86.8 Å². The predicted octanol–water partition coefficient (Wildman–Crippen LogP) is 4.73. The molecule has 1 N–H and O–H groups in total. The van der Waals surface area contributed by atoms with E-state index in [1.165, 1.54) is 11.3 Å². The second kappa shape index (κ2) is 12.2. The minimum Gasteiger partial charge on any atom is -0.352 e. The maximum atomic E-state index is 13.6. The highest BCUT2D eigenvalue weighted by molar-refractivity contribution is 9.10. The second-order valence-corrected chi connectivity index (χ2v) is 12.1. The number of anilines is 1. The van der Waals surface area contributed by atoms with Gasteiger partial charge in [0.05, 0.1) is 11.9 Å². The molecule has 1 saturated carbocycles. The van der Waals surface area contributed by atoms with E-state index >= 15 is 0 Å². The minimum atomic E-state index is -3.78. The molecule has 0 bridgehead atoms. The molecule has 0 unspecified atom stereocenters. The minimum absolute atomic E-state index is 0.0963. The molecule has 1 fully saturated rings. The number of sulfonamides is 1. The van der Waals surface area contributed by atoms with Gasteiger partial charge >= 0.3 is 0 Å². The van der Waals surface area contributed by atoms with Gasteiger partial charge < -0.3 is 10.2 Å². The van der Waals surface area contributed by atoms with Crippen LogP contribution in [0.1, 0.15) is 44.6 Å². The molecule has 0 aliphatic heterocycles. The van der Waals surface area contributed by atoms with Gasteiger partial charge in [0.15, 0.2) is 0 Å². The molecule has 0 aromatic heterocycles. The molecule has 0 radical (unpaired) electrons. The number of hydrogen-bond acceptors (Lipinski definition) is 4. The first kappa shape index (κ1) is 27.5. The molecule has 190 valence electrons. The molecule has 0 saturated heterocycles. The summed E-state index contributed by atoms with van der Waals surface area (Å²) in [4.78, 5) is 28.2. The third-order valence-corrected chi connectivity index (χ3v) is 8.23. The Kier molecular flexibility index (Phi) is 9.61. The highest BCUT2D eigenvalue weighted by atomic mass is 79.9. The van der Waals surface area contributed by atoms with Gasteiger partial charge in [-0.2, -0.15) is 0 Å². The fourth-order valence-corrected chi connectivity index (χ4v) is 5.79. The molecule has 2 aromatic carbocycles. The van der Waals surface area contributed by atoms with Crippen molar-refractivity contribution < 1.29 is 18.0 Å². The van der Waals surface area contributed by atoms with Crippen molar-refractivity contribution in [1.82, 2.24) is 10.2 Å². The van der Waals surface area contributed by atoms with Gasteiger partial charge in [-0.15, -0.1) is 0 Å². The maximum absolute atomic E-state index is 13.6. The normalized spacial score (nSPS) is 15.3. The van der Waals surface area contributed by atoms with Crippen LogP contribution in [0.3, 0.4) is 0 Å². The van der Waals surface area contributed by atoms with Crippen molar-refractivity contribution in [3.05, 3.63) is 63.6 Å². The molecule has 1 aliphatic rings. The van der Waals surface area contributed by atoms with Crippen LogP contribution < -0.4 is 9.62 Å². The summed E-state index contributed by atoms with van der Waals surface area (Å²) in [5.74, 6) is -0.724. The quantitative estimate of drug-likeness (QED) is 0.462. The van der Waals surface area contributed by atoms with E-state index in [9.17, 15) is 18.0 Å². The summed E-state index contributed by atoms with van der Waals surface area (Å²) < 4.78 is 26.9. The average Bonchev–Trinajstić information content (AvgIpc) is 2.82. The Balaban J connectivity index is 1.87. The molecule has 0 spiro atoms. The van der Waals surface area contributed by atoms with Crippen LogP contribution in [0.5, 0.6) is 0 Å². The molecule has 2 aromatic rings. The number of hydrogen-bond donors (Lipinski definition) is 1. The number of nitrogens with one attached hydrogen (secondary N) is 1. The molecule has 3 rings (SSSR count). The van der Waals surface area contributed by atoms with Crippen LogP contribution in [0, 0.1) is 0 Å². The molecule has 10 heteroatoms. The third kappa shape index (κ3) is 7.69. The number of benzene rings is 2. The first-order chi connectivity index (χ1) is 16.6. The summed E-state index contributed by atoms with van der Waals surface area (Å²) >= 11 is 9.39. The van der Waals surface area contributed by atoms with Crippen LogP contribution in [0.15, 0.2) is 53.0 Å². The monoisotopic (exact) mass is 583 g/mol. The van der Waals surface area contributed by atoms with Crippen LogP contribution in [-0.2, 0) is 26.2 Å². The Labute approximate surface area is 221 Å². The Bertz CT molecular complexity index is 1140. The van der Waals surface area contributed by atoms with Gasteiger partial charge in [-0.05, 0) is 65.5 Å². The lowest BCUT2D eigenvalue weighted by Crippen LogP contribution is -2.53. The SMILES string of the molecule is C[C@@H](C(=O)NC1CCCCC1)N(Cc1ccc(Cl)cc1)C(=O)CN(c1ccccc1Br)S(C)(=O)=O. The zero-order valence-electron chi connectivity index (χ0n) is 19.9. The van der Waals surface area contributed by atoms with Crippen molar-refractivity contribution in [2.24, 2.45) is 0 Å². The Morgan fingerprint density at radius 1 is 1.09 bits per heavy atom. The van der Waals surface area contributed by atoms with Gasteiger partial charge in [-0.1, -0.05) is 55.1 Å². The Hall–Kier alpha value is -2.10. The van der Waals surface area contributed by atoms with E-state index in [-0.39, 0.29) is 18.5 Å². The van der Waals surface area contributed by atoms with Crippen molar-refractivity contribution in [1.29, 1.82) is 0 Å². The molecule has 35 heavy (non-hydrogen) atoms. The molecule has 2 amide bonds. The Morgan fingerprint density at radius 2 is 1.71 bits per heavy atom. The molecular formula is C25H31BrClN3O4S. The van der Waals surface area contributed by atoms with Gasteiger partial charge in [0.25, 0.3) is 0 Å². The van der Waals surface area contributed by atoms with Gasteiger partial charge in [0.1, 0.15) is 12.6 Å². The second-order valence-electron chi connectivity index (χ2n) is 8.89. The molecule has 1 aliphatic carbocycles. The van der Waals surface area contributed by atoms with Crippen molar-refractivity contribution in [2.45, 2.75) is 57.7 Å². The van der Waals surface area contributed by atoms with Gasteiger partial charge in [-0.25, -0.2) is 8.42 Å².